The summed E-state index contributed by atoms with van der Waals surface area (Å²) in [5, 5.41) is 9.32. The average molecular weight is 358 g/mol. The molecule has 0 radical (unpaired) electrons. The van der Waals surface area contributed by atoms with E-state index in [1.54, 1.807) is 43.5 Å². The number of fused-ring (bicyclic) bond motifs is 1. The van der Waals surface area contributed by atoms with E-state index in [0.29, 0.717) is 21.6 Å². The van der Waals surface area contributed by atoms with Gasteiger partial charge in [0.2, 0.25) is 0 Å². The molecule has 0 saturated carbocycles. The largest absolute Gasteiger partial charge is 0.481 e. The number of carboxylic acid groups (broad SMARTS) is 1. The zero-order valence-electron chi connectivity index (χ0n) is 15.7. The molecule has 0 saturated heterocycles. The van der Waals surface area contributed by atoms with Crippen LogP contribution in [0.4, 0.5) is 4.39 Å². The lowest BCUT2D eigenvalue weighted by molar-refractivity contribution is -0.135. The van der Waals surface area contributed by atoms with Crippen molar-refractivity contribution in [2.45, 2.75) is 18.2 Å². The molecule has 1 N–H and O–H groups in total. The van der Waals surface area contributed by atoms with Crippen molar-refractivity contribution < 1.29 is 21.2 Å². The number of hydrogen-bond acceptors (Lipinski definition) is 2. The first-order valence-electron chi connectivity index (χ1n) is 8.53. The summed E-state index contributed by atoms with van der Waals surface area (Å²) in [5.41, 5.74) is 2.66. The Bertz CT molecular complexity index is 1020. The number of halogens is 1. The number of rotatable bonds is 4. The van der Waals surface area contributed by atoms with Gasteiger partial charge in [0.05, 0.1) is 6.37 Å². The first-order valence-corrected chi connectivity index (χ1v) is 9.09. The van der Waals surface area contributed by atoms with E-state index in [9.17, 15) is 18.5 Å². The maximum absolute atomic E-state index is 13.8. The highest BCUT2D eigenvalue weighted by Gasteiger charge is 2.25. The van der Waals surface area contributed by atoms with Crippen molar-refractivity contribution in [2.24, 2.45) is 0 Å². The van der Waals surface area contributed by atoms with E-state index in [1.165, 1.54) is 18.2 Å². The summed E-state index contributed by atoms with van der Waals surface area (Å²) in [7, 11) is -1.10. The molecule has 1 aliphatic rings. The minimum Gasteiger partial charge on any atom is -0.481 e. The molecule has 1 aliphatic carbocycles. The van der Waals surface area contributed by atoms with E-state index in [1.807, 2.05) is 0 Å². The number of allylic oxidation sites excluding steroid dienone is 2. The van der Waals surface area contributed by atoms with Crippen LogP contribution in [0.5, 0.6) is 0 Å². The molecule has 3 nitrogen and oxygen atoms in total. The third-order valence-corrected chi connectivity index (χ3v) is 5.01. The SMILES string of the molecule is [2H]C([2H])(C(=O)O)C1=C(C)/C(=C/c2ccc(S(C)=O)cc2)c2ccc(F)cc21. The predicted molar refractivity (Wildman–Crippen MR) is 97.9 cm³/mol. The molecule has 2 aromatic rings. The van der Waals surface area contributed by atoms with E-state index in [0.717, 1.165) is 5.56 Å². The molecular formula is C20H17FO3S. The highest BCUT2D eigenvalue weighted by Crippen LogP contribution is 2.43. The van der Waals surface area contributed by atoms with Crippen molar-refractivity contribution in [1.82, 2.24) is 0 Å². The topological polar surface area (TPSA) is 54.4 Å². The van der Waals surface area contributed by atoms with Crippen LogP contribution in [0.15, 0.2) is 52.9 Å². The highest BCUT2D eigenvalue weighted by molar-refractivity contribution is 7.84. The van der Waals surface area contributed by atoms with Gasteiger partial charge in [0.25, 0.3) is 0 Å². The second kappa shape index (κ2) is 6.76. The molecule has 0 fully saturated rings. The minimum atomic E-state index is -2.65. The van der Waals surface area contributed by atoms with E-state index < -0.39 is 29.0 Å². The van der Waals surface area contributed by atoms with Gasteiger partial charge in [0.1, 0.15) is 5.82 Å². The van der Waals surface area contributed by atoms with Gasteiger partial charge in [0.15, 0.2) is 0 Å². The van der Waals surface area contributed by atoms with Crippen molar-refractivity contribution in [2.75, 3.05) is 6.26 Å². The molecule has 0 aliphatic heterocycles. The molecule has 0 aromatic heterocycles. The predicted octanol–water partition coefficient (Wildman–Crippen LogP) is 4.37. The maximum Gasteiger partial charge on any atom is 0.307 e. The molecule has 25 heavy (non-hydrogen) atoms. The van der Waals surface area contributed by atoms with Gasteiger partial charge >= 0.3 is 5.97 Å². The standard InChI is InChI=1S/C20H17FO3S/c1-12-17(9-13-3-6-15(7-4-13)25(2)24)16-8-5-14(21)10-19(16)18(12)11-20(22)23/h3-10H,11H2,1-2H3,(H,22,23)/b17-9-/i11D2. The van der Waals surface area contributed by atoms with Crippen LogP contribution in [0.3, 0.4) is 0 Å². The number of aliphatic carboxylic acids is 1. The van der Waals surface area contributed by atoms with Crippen LogP contribution in [-0.4, -0.2) is 21.5 Å². The van der Waals surface area contributed by atoms with Gasteiger partial charge in [-0.05, 0) is 70.7 Å². The Kier molecular flexibility index (Phi) is 4.00. The van der Waals surface area contributed by atoms with Crippen molar-refractivity contribution in [3.8, 4) is 0 Å². The third kappa shape index (κ3) is 3.46. The second-order valence-electron chi connectivity index (χ2n) is 5.70. The van der Waals surface area contributed by atoms with Crippen molar-refractivity contribution in [1.29, 1.82) is 0 Å². The van der Waals surface area contributed by atoms with Crippen LogP contribution in [0.25, 0.3) is 17.2 Å². The van der Waals surface area contributed by atoms with E-state index >= 15 is 0 Å². The van der Waals surface area contributed by atoms with Crippen LogP contribution >= 0.6 is 0 Å². The minimum absolute atomic E-state index is 0.0398. The summed E-state index contributed by atoms with van der Waals surface area (Å²) < 4.78 is 41.3. The zero-order chi connectivity index (χ0) is 19.9. The fourth-order valence-electron chi connectivity index (χ4n) is 2.87. The smallest absolute Gasteiger partial charge is 0.307 e. The molecule has 5 heteroatoms. The first kappa shape index (κ1) is 14.8. The van der Waals surface area contributed by atoms with Gasteiger partial charge in [0, 0.05) is 24.7 Å². The van der Waals surface area contributed by atoms with Crippen LogP contribution in [-0.2, 0) is 15.6 Å². The Morgan fingerprint density at radius 3 is 2.52 bits per heavy atom. The van der Waals surface area contributed by atoms with Gasteiger partial charge < -0.3 is 5.11 Å². The van der Waals surface area contributed by atoms with Crippen molar-refractivity contribution in [3.05, 3.63) is 70.5 Å². The van der Waals surface area contributed by atoms with E-state index in [2.05, 4.69) is 0 Å². The van der Waals surface area contributed by atoms with Crippen LogP contribution in [0.2, 0.25) is 0 Å². The lowest BCUT2D eigenvalue weighted by Gasteiger charge is -2.05. The molecular weight excluding hydrogens is 339 g/mol. The van der Waals surface area contributed by atoms with Gasteiger partial charge in [-0.3, -0.25) is 9.00 Å². The maximum atomic E-state index is 13.8. The molecule has 1 unspecified atom stereocenters. The zero-order valence-corrected chi connectivity index (χ0v) is 14.5. The molecule has 1 atom stereocenters. The molecule has 0 heterocycles. The number of hydrogen-bond donors (Lipinski definition) is 1. The summed E-state index contributed by atoms with van der Waals surface area (Å²) in [4.78, 5) is 12.1. The van der Waals surface area contributed by atoms with Gasteiger partial charge in [-0.1, -0.05) is 18.2 Å². The van der Waals surface area contributed by atoms with Crippen LogP contribution < -0.4 is 0 Å². The molecule has 0 amide bonds. The fourth-order valence-corrected chi connectivity index (χ4v) is 3.39. The van der Waals surface area contributed by atoms with Crippen molar-refractivity contribution >= 4 is 34.0 Å². The Morgan fingerprint density at radius 1 is 1.24 bits per heavy atom. The van der Waals surface area contributed by atoms with E-state index in [4.69, 9.17) is 2.74 Å². The Morgan fingerprint density at radius 2 is 1.92 bits per heavy atom. The molecule has 128 valence electrons. The average Bonchev–Trinajstić information content (AvgIpc) is 2.86. The first-order chi connectivity index (χ1) is 12.6. The summed E-state index contributed by atoms with van der Waals surface area (Å²) in [6, 6.07) is 11.0. The molecule has 0 spiro atoms. The summed E-state index contributed by atoms with van der Waals surface area (Å²) in [5.74, 6) is -2.18. The quantitative estimate of drug-likeness (QED) is 0.883. The molecule has 3 rings (SSSR count). The number of benzene rings is 2. The van der Waals surface area contributed by atoms with Gasteiger partial charge in [-0.25, -0.2) is 4.39 Å². The summed E-state index contributed by atoms with van der Waals surface area (Å²) in [6.45, 7) is 1.63. The van der Waals surface area contributed by atoms with Crippen LogP contribution in [0, 0.1) is 5.82 Å². The Hall–Kier alpha value is -2.53. The fraction of sp³-hybridized carbons (Fsp3) is 0.150. The Balaban J connectivity index is 2.20. The normalized spacial score (nSPS) is 18.0. The highest BCUT2D eigenvalue weighted by atomic mass is 32.2. The Labute approximate surface area is 150 Å². The van der Waals surface area contributed by atoms with Gasteiger partial charge in [-0.15, -0.1) is 0 Å². The van der Waals surface area contributed by atoms with Gasteiger partial charge in [-0.2, -0.15) is 0 Å². The van der Waals surface area contributed by atoms with Crippen LogP contribution in [0.1, 0.15) is 32.7 Å². The molecule has 2 aromatic carbocycles. The summed E-state index contributed by atoms with van der Waals surface area (Å²) >= 11 is 0. The second-order valence-corrected chi connectivity index (χ2v) is 7.08. The van der Waals surface area contributed by atoms with E-state index in [-0.39, 0.29) is 11.1 Å². The van der Waals surface area contributed by atoms with Crippen molar-refractivity contribution in [3.63, 3.8) is 0 Å². The lowest BCUT2D eigenvalue weighted by atomic mass is 10.0. The summed E-state index contributed by atoms with van der Waals surface area (Å²) in [6.07, 6.45) is 0.729. The number of carboxylic acids is 1. The molecule has 0 bridgehead atoms. The lowest BCUT2D eigenvalue weighted by Crippen LogP contribution is -1.97. The number of carbonyl (C=O) groups is 1. The third-order valence-electron chi connectivity index (χ3n) is 4.08. The monoisotopic (exact) mass is 358 g/mol.